The second-order valence-corrected chi connectivity index (χ2v) is 5.83. The van der Waals surface area contributed by atoms with Crippen LogP contribution in [0.4, 0.5) is 0 Å². The van der Waals surface area contributed by atoms with Crippen molar-refractivity contribution in [3.63, 3.8) is 0 Å². The van der Waals surface area contributed by atoms with E-state index in [4.69, 9.17) is 4.74 Å². The lowest BCUT2D eigenvalue weighted by Gasteiger charge is -2.05. The van der Waals surface area contributed by atoms with Gasteiger partial charge in [-0.05, 0) is 43.0 Å². The van der Waals surface area contributed by atoms with Gasteiger partial charge in [0.25, 0.3) is 0 Å². The molecule has 0 aromatic carbocycles. The van der Waals surface area contributed by atoms with E-state index >= 15 is 0 Å². The lowest BCUT2D eigenvalue weighted by molar-refractivity contribution is -0.121. The molecule has 0 saturated heterocycles. The molecule has 3 nitrogen and oxygen atoms in total. The van der Waals surface area contributed by atoms with Crippen molar-refractivity contribution in [2.75, 3.05) is 19.8 Å². The Morgan fingerprint density at radius 1 is 1.50 bits per heavy atom. The third-order valence-electron chi connectivity index (χ3n) is 3.02. The summed E-state index contributed by atoms with van der Waals surface area (Å²) in [5.74, 6) is 0.968. The summed E-state index contributed by atoms with van der Waals surface area (Å²) in [5.41, 5.74) is 0. The van der Waals surface area contributed by atoms with E-state index in [1.807, 2.05) is 11.4 Å². The molecule has 1 saturated carbocycles. The van der Waals surface area contributed by atoms with Crippen molar-refractivity contribution in [2.45, 2.75) is 32.1 Å². The number of amides is 1. The molecule has 0 unspecified atom stereocenters. The van der Waals surface area contributed by atoms with E-state index in [1.54, 1.807) is 11.3 Å². The summed E-state index contributed by atoms with van der Waals surface area (Å²) < 4.78 is 5.51. The summed E-state index contributed by atoms with van der Waals surface area (Å²) in [6, 6.07) is 4.10. The van der Waals surface area contributed by atoms with Gasteiger partial charge in [-0.3, -0.25) is 4.79 Å². The van der Waals surface area contributed by atoms with Crippen LogP contribution >= 0.6 is 11.3 Å². The second-order valence-electron chi connectivity index (χ2n) is 4.80. The van der Waals surface area contributed by atoms with Crippen LogP contribution in [0, 0.1) is 5.92 Å². The quantitative estimate of drug-likeness (QED) is 0.698. The van der Waals surface area contributed by atoms with Crippen LogP contribution in [-0.4, -0.2) is 25.7 Å². The second kappa shape index (κ2) is 7.54. The Hall–Kier alpha value is -0.870. The van der Waals surface area contributed by atoms with Crippen LogP contribution < -0.4 is 5.32 Å². The Balaban J connectivity index is 1.41. The van der Waals surface area contributed by atoms with E-state index in [9.17, 15) is 4.79 Å². The molecule has 1 amide bonds. The number of carbonyl (C=O) groups is 1. The van der Waals surface area contributed by atoms with E-state index in [0.717, 1.165) is 38.5 Å². The molecular weight excluding hydrogens is 246 g/mol. The number of hydrogen-bond acceptors (Lipinski definition) is 3. The van der Waals surface area contributed by atoms with Crippen molar-refractivity contribution >= 4 is 17.2 Å². The van der Waals surface area contributed by atoms with Crippen molar-refractivity contribution in [3.05, 3.63) is 22.4 Å². The summed E-state index contributed by atoms with van der Waals surface area (Å²) in [5, 5.41) is 4.98. The SMILES string of the molecule is O=C(CCc1cccs1)NCCCOCC1CC1. The summed E-state index contributed by atoms with van der Waals surface area (Å²) in [7, 11) is 0. The first-order valence-electron chi connectivity index (χ1n) is 6.71. The van der Waals surface area contributed by atoms with E-state index in [0.29, 0.717) is 6.42 Å². The molecule has 1 fully saturated rings. The fraction of sp³-hybridized carbons (Fsp3) is 0.643. The zero-order valence-electron chi connectivity index (χ0n) is 10.7. The fourth-order valence-electron chi connectivity index (χ4n) is 1.72. The number of carbonyl (C=O) groups excluding carboxylic acids is 1. The van der Waals surface area contributed by atoms with Gasteiger partial charge in [-0.2, -0.15) is 0 Å². The molecule has 1 aliphatic rings. The van der Waals surface area contributed by atoms with Gasteiger partial charge in [0.15, 0.2) is 0 Å². The van der Waals surface area contributed by atoms with E-state index in [2.05, 4.69) is 11.4 Å². The van der Waals surface area contributed by atoms with Crippen molar-refractivity contribution in [1.29, 1.82) is 0 Å². The predicted octanol–water partition coefficient (Wildman–Crippen LogP) is 2.61. The number of thiophene rings is 1. The van der Waals surface area contributed by atoms with Gasteiger partial charge in [-0.15, -0.1) is 11.3 Å². The third kappa shape index (κ3) is 5.65. The van der Waals surface area contributed by atoms with Crippen molar-refractivity contribution in [2.24, 2.45) is 5.92 Å². The number of aryl methyl sites for hydroxylation is 1. The molecule has 0 bridgehead atoms. The Morgan fingerprint density at radius 3 is 3.11 bits per heavy atom. The van der Waals surface area contributed by atoms with Crippen LogP contribution in [0.15, 0.2) is 17.5 Å². The fourth-order valence-corrected chi connectivity index (χ4v) is 2.43. The summed E-state index contributed by atoms with van der Waals surface area (Å²) in [4.78, 5) is 12.8. The van der Waals surface area contributed by atoms with Crippen molar-refractivity contribution < 1.29 is 9.53 Å². The van der Waals surface area contributed by atoms with Crippen LogP contribution in [0.2, 0.25) is 0 Å². The van der Waals surface area contributed by atoms with Crippen LogP contribution in [0.3, 0.4) is 0 Å². The zero-order chi connectivity index (χ0) is 12.6. The Kier molecular flexibility index (Phi) is 5.68. The van der Waals surface area contributed by atoms with Crippen molar-refractivity contribution in [3.8, 4) is 0 Å². The molecule has 1 aromatic rings. The van der Waals surface area contributed by atoms with Gasteiger partial charge in [-0.25, -0.2) is 0 Å². The highest BCUT2D eigenvalue weighted by atomic mass is 32.1. The van der Waals surface area contributed by atoms with Gasteiger partial charge in [0.2, 0.25) is 5.91 Å². The number of rotatable bonds is 9. The highest BCUT2D eigenvalue weighted by Gasteiger charge is 2.20. The van der Waals surface area contributed by atoms with Gasteiger partial charge in [0.1, 0.15) is 0 Å². The van der Waals surface area contributed by atoms with Crippen molar-refractivity contribution in [1.82, 2.24) is 5.32 Å². The first-order chi connectivity index (χ1) is 8.84. The minimum absolute atomic E-state index is 0.144. The Bertz CT molecular complexity index is 347. The first-order valence-corrected chi connectivity index (χ1v) is 7.59. The van der Waals surface area contributed by atoms with Crippen LogP contribution in [0.25, 0.3) is 0 Å². The molecule has 1 aliphatic carbocycles. The predicted molar refractivity (Wildman–Crippen MR) is 73.8 cm³/mol. The molecule has 100 valence electrons. The van der Waals surface area contributed by atoms with Crippen LogP contribution in [0.1, 0.15) is 30.6 Å². The van der Waals surface area contributed by atoms with Gasteiger partial charge in [0, 0.05) is 31.1 Å². The minimum Gasteiger partial charge on any atom is -0.381 e. The van der Waals surface area contributed by atoms with Gasteiger partial charge in [0.05, 0.1) is 0 Å². The zero-order valence-corrected chi connectivity index (χ0v) is 11.5. The lowest BCUT2D eigenvalue weighted by atomic mass is 10.2. The molecule has 0 radical (unpaired) electrons. The highest BCUT2D eigenvalue weighted by Crippen LogP contribution is 2.28. The smallest absolute Gasteiger partial charge is 0.220 e. The molecule has 2 rings (SSSR count). The Labute approximate surface area is 113 Å². The standard InChI is InChI=1S/C14H21NO2S/c16-14(7-6-13-3-1-10-18-13)15-8-2-9-17-11-12-4-5-12/h1,3,10,12H,2,4-9,11H2,(H,15,16). The molecule has 1 aromatic heterocycles. The van der Waals surface area contributed by atoms with Gasteiger partial charge in [-0.1, -0.05) is 6.07 Å². The molecular formula is C14H21NO2S. The van der Waals surface area contributed by atoms with Crippen LogP contribution in [0.5, 0.6) is 0 Å². The maximum Gasteiger partial charge on any atom is 0.220 e. The minimum atomic E-state index is 0.144. The maximum absolute atomic E-state index is 11.5. The van der Waals surface area contributed by atoms with Gasteiger partial charge >= 0.3 is 0 Å². The average molecular weight is 267 g/mol. The average Bonchev–Trinajstić information content (AvgIpc) is 3.04. The summed E-state index contributed by atoms with van der Waals surface area (Å²) >= 11 is 1.71. The summed E-state index contributed by atoms with van der Waals surface area (Å²) in [6.45, 7) is 2.40. The van der Waals surface area contributed by atoms with Crippen LogP contribution in [-0.2, 0) is 16.0 Å². The first kappa shape index (κ1) is 13.6. The number of hydrogen-bond donors (Lipinski definition) is 1. The van der Waals surface area contributed by atoms with Gasteiger partial charge < -0.3 is 10.1 Å². The molecule has 18 heavy (non-hydrogen) atoms. The topological polar surface area (TPSA) is 38.3 Å². The number of ether oxygens (including phenoxy) is 1. The third-order valence-corrected chi connectivity index (χ3v) is 3.95. The molecule has 4 heteroatoms. The van der Waals surface area contributed by atoms with E-state index < -0.39 is 0 Å². The molecule has 1 N–H and O–H groups in total. The Morgan fingerprint density at radius 2 is 2.39 bits per heavy atom. The normalized spacial score (nSPS) is 14.7. The molecule has 0 spiro atoms. The number of nitrogens with one attached hydrogen (secondary N) is 1. The summed E-state index contributed by atoms with van der Waals surface area (Å²) in [6.07, 6.45) is 5.02. The molecule has 0 atom stereocenters. The maximum atomic E-state index is 11.5. The van der Waals surface area contributed by atoms with E-state index in [-0.39, 0.29) is 5.91 Å². The lowest BCUT2D eigenvalue weighted by Crippen LogP contribution is -2.25. The monoisotopic (exact) mass is 267 g/mol. The van der Waals surface area contributed by atoms with E-state index in [1.165, 1.54) is 17.7 Å². The highest BCUT2D eigenvalue weighted by molar-refractivity contribution is 7.09. The molecule has 0 aliphatic heterocycles. The molecule has 1 heterocycles. The largest absolute Gasteiger partial charge is 0.381 e.